The van der Waals surface area contributed by atoms with Crippen LogP contribution in [0.4, 0.5) is 0 Å². The summed E-state index contributed by atoms with van der Waals surface area (Å²) in [7, 11) is 0. The zero-order chi connectivity index (χ0) is 14.7. The van der Waals surface area contributed by atoms with Gasteiger partial charge in [0.1, 0.15) is 11.9 Å². The van der Waals surface area contributed by atoms with E-state index in [1.54, 1.807) is 36.4 Å². The van der Waals surface area contributed by atoms with Crippen molar-refractivity contribution in [2.75, 3.05) is 6.61 Å². The molecule has 0 aromatic heterocycles. The van der Waals surface area contributed by atoms with Gasteiger partial charge in [-0.3, -0.25) is 0 Å². The van der Waals surface area contributed by atoms with Crippen molar-refractivity contribution in [1.29, 1.82) is 0 Å². The zero-order valence-electron chi connectivity index (χ0n) is 10.7. The third-order valence-electron chi connectivity index (χ3n) is 2.81. The van der Waals surface area contributed by atoms with E-state index < -0.39 is 6.10 Å². The fraction of sp³-hybridized carbons (Fsp3) is 0.200. The lowest BCUT2D eigenvalue weighted by Gasteiger charge is -2.16. The van der Waals surface area contributed by atoms with Gasteiger partial charge in [-0.15, -0.1) is 0 Å². The van der Waals surface area contributed by atoms with Gasteiger partial charge in [-0.25, -0.2) is 0 Å². The predicted octanol–water partition coefficient (Wildman–Crippen LogP) is 5.13. The molecular formula is C15H13Cl3O2. The molecule has 0 aliphatic rings. The normalized spacial score (nSPS) is 12.2. The summed E-state index contributed by atoms with van der Waals surface area (Å²) in [4.78, 5) is 0. The first-order valence-corrected chi connectivity index (χ1v) is 7.21. The lowest BCUT2D eigenvalue weighted by atomic mass is 10.0. The molecular weight excluding hydrogens is 319 g/mol. The van der Waals surface area contributed by atoms with Crippen LogP contribution in [-0.4, -0.2) is 11.7 Å². The maximum absolute atomic E-state index is 10.4. The predicted molar refractivity (Wildman–Crippen MR) is 83.1 cm³/mol. The summed E-state index contributed by atoms with van der Waals surface area (Å²) in [5.41, 5.74) is 1.17. The largest absolute Gasteiger partial charge is 0.492 e. The van der Waals surface area contributed by atoms with Crippen molar-refractivity contribution in [1.82, 2.24) is 0 Å². The lowest BCUT2D eigenvalue weighted by Crippen LogP contribution is -2.02. The van der Waals surface area contributed by atoms with Gasteiger partial charge in [0.25, 0.3) is 0 Å². The smallest absolute Gasteiger partial charge is 0.139 e. The van der Waals surface area contributed by atoms with E-state index in [0.29, 0.717) is 38.6 Å². The monoisotopic (exact) mass is 330 g/mol. The number of hydrogen-bond donors (Lipinski definition) is 1. The molecule has 2 rings (SSSR count). The highest BCUT2D eigenvalue weighted by atomic mass is 35.5. The van der Waals surface area contributed by atoms with Crippen LogP contribution in [0.3, 0.4) is 0 Å². The third kappa shape index (κ3) is 3.39. The second kappa shape index (κ2) is 6.68. The minimum absolute atomic E-state index is 0.394. The molecule has 0 saturated heterocycles. The average molecular weight is 332 g/mol. The molecule has 0 aliphatic heterocycles. The first-order valence-electron chi connectivity index (χ1n) is 6.08. The highest BCUT2D eigenvalue weighted by Gasteiger charge is 2.17. The van der Waals surface area contributed by atoms with E-state index in [-0.39, 0.29) is 0 Å². The molecule has 0 bridgehead atoms. The first-order chi connectivity index (χ1) is 9.52. The molecule has 0 spiro atoms. The molecule has 2 aromatic carbocycles. The van der Waals surface area contributed by atoms with Crippen LogP contribution in [0.1, 0.15) is 24.2 Å². The molecule has 5 heteroatoms. The van der Waals surface area contributed by atoms with Gasteiger partial charge in [0.15, 0.2) is 0 Å². The Hall–Kier alpha value is -0.930. The quantitative estimate of drug-likeness (QED) is 0.842. The second-order valence-corrected chi connectivity index (χ2v) is 5.45. The van der Waals surface area contributed by atoms with Crippen molar-refractivity contribution in [2.24, 2.45) is 0 Å². The van der Waals surface area contributed by atoms with Crippen LogP contribution in [0.15, 0.2) is 36.4 Å². The van der Waals surface area contributed by atoms with E-state index >= 15 is 0 Å². The van der Waals surface area contributed by atoms with Gasteiger partial charge >= 0.3 is 0 Å². The van der Waals surface area contributed by atoms with Crippen molar-refractivity contribution in [3.8, 4) is 5.75 Å². The molecule has 0 radical (unpaired) electrons. The molecule has 20 heavy (non-hydrogen) atoms. The van der Waals surface area contributed by atoms with E-state index in [1.165, 1.54) is 0 Å². The minimum atomic E-state index is -0.894. The van der Waals surface area contributed by atoms with Gasteiger partial charge in [-0.05, 0) is 30.7 Å². The SMILES string of the molecule is CCOc1cc(Cl)c(C(O)c2cccc(Cl)c2)cc1Cl. The van der Waals surface area contributed by atoms with Gasteiger partial charge in [-0.2, -0.15) is 0 Å². The molecule has 0 amide bonds. The van der Waals surface area contributed by atoms with Crippen molar-refractivity contribution in [3.05, 3.63) is 62.6 Å². The van der Waals surface area contributed by atoms with Crippen molar-refractivity contribution in [3.63, 3.8) is 0 Å². The number of rotatable bonds is 4. The third-order valence-corrected chi connectivity index (χ3v) is 3.67. The first kappa shape index (κ1) is 15.5. The lowest BCUT2D eigenvalue weighted by molar-refractivity contribution is 0.220. The summed E-state index contributed by atoms with van der Waals surface area (Å²) in [5.74, 6) is 0.501. The molecule has 1 N–H and O–H groups in total. The molecule has 106 valence electrons. The number of aliphatic hydroxyl groups is 1. The van der Waals surface area contributed by atoms with E-state index in [0.717, 1.165) is 0 Å². The number of benzene rings is 2. The Kier molecular flexibility index (Phi) is 5.17. The van der Waals surface area contributed by atoms with E-state index in [2.05, 4.69) is 0 Å². The highest BCUT2D eigenvalue weighted by Crippen LogP contribution is 2.36. The molecule has 1 unspecified atom stereocenters. The topological polar surface area (TPSA) is 29.5 Å². The van der Waals surface area contributed by atoms with Gasteiger partial charge in [0.05, 0.1) is 16.7 Å². The molecule has 0 aliphatic carbocycles. The van der Waals surface area contributed by atoms with Crippen LogP contribution >= 0.6 is 34.8 Å². The summed E-state index contributed by atoms with van der Waals surface area (Å²) < 4.78 is 5.36. The minimum Gasteiger partial charge on any atom is -0.492 e. The van der Waals surface area contributed by atoms with Crippen LogP contribution in [0.5, 0.6) is 5.75 Å². The summed E-state index contributed by atoms with van der Waals surface area (Å²) in [6.45, 7) is 2.35. The Morgan fingerprint density at radius 3 is 2.50 bits per heavy atom. The van der Waals surface area contributed by atoms with Crippen LogP contribution in [0.25, 0.3) is 0 Å². The van der Waals surface area contributed by atoms with E-state index in [9.17, 15) is 5.11 Å². The fourth-order valence-corrected chi connectivity index (χ4v) is 2.56. The van der Waals surface area contributed by atoms with Crippen LogP contribution in [0, 0.1) is 0 Å². The zero-order valence-corrected chi connectivity index (χ0v) is 13.0. The standard InChI is InChI=1S/C15H13Cl3O2/c1-2-20-14-8-12(17)11(7-13(14)18)15(19)9-4-3-5-10(16)6-9/h3-8,15,19H,2H2,1H3. The van der Waals surface area contributed by atoms with E-state index in [4.69, 9.17) is 39.5 Å². The van der Waals surface area contributed by atoms with Crippen LogP contribution in [-0.2, 0) is 0 Å². The van der Waals surface area contributed by atoms with Gasteiger partial charge in [0.2, 0.25) is 0 Å². The van der Waals surface area contributed by atoms with Crippen molar-refractivity contribution < 1.29 is 9.84 Å². The maximum Gasteiger partial charge on any atom is 0.139 e. The Balaban J connectivity index is 2.40. The number of halogens is 3. The maximum atomic E-state index is 10.4. The Bertz CT molecular complexity index is 614. The Labute approximate surface area is 132 Å². The summed E-state index contributed by atoms with van der Waals surface area (Å²) in [6.07, 6.45) is -0.894. The second-order valence-electron chi connectivity index (χ2n) is 4.19. The average Bonchev–Trinajstić information content (AvgIpc) is 2.42. The summed E-state index contributed by atoms with van der Waals surface area (Å²) in [6, 6.07) is 10.2. The van der Waals surface area contributed by atoms with Gasteiger partial charge < -0.3 is 9.84 Å². The highest BCUT2D eigenvalue weighted by molar-refractivity contribution is 6.34. The molecule has 0 saturated carbocycles. The number of aliphatic hydroxyl groups excluding tert-OH is 1. The number of hydrogen-bond acceptors (Lipinski definition) is 2. The molecule has 0 fully saturated rings. The van der Waals surface area contributed by atoms with Crippen LogP contribution < -0.4 is 4.74 Å². The Morgan fingerprint density at radius 2 is 1.85 bits per heavy atom. The molecule has 1 atom stereocenters. The Morgan fingerprint density at radius 1 is 1.10 bits per heavy atom. The molecule has 2 aromatic rings. The molecule has 2 nitrogen and oxygen atoms in total. The van der Waals surface area contributed by atoms with Crippen molar-refractivity contribution in [2.45, 2.75) is 13.0 Å². The fourth-order valence-electron chi connectivity index (χ4n) is 1.88. The van der Waals surface area contributed by atoms with E-state index in [1.807, 2.05) is 6.92 Å². The summed E-state index contributed by atoms with van der Waals surface area (Å²) in [5, 5.41) is 11.8. The summed E-state index contributed by atoms with van der Waals surface area (Å²) >= 11 is 18.2. The molecule has 0 heterocycles. The van der Waals surface area contributed by atoms with Gasteiger partial charge in [0, 0.05) is 16.7 Å². The van der Waals surface area contributed by atoms with Crippen LogP contribution in [0.2, 0.25) is 15.1 Å². The van der Waals surface area contributed by atoms with Gasteiger partial charge in [-0.1, -0.05) is 46.9 Å². The number of ether oxygens (including phenoxy) is 1. The van der Waals surface area contributed by atoms with Crippen molar-refractivity contribution >= 4 is 34.8 Å².